The summed E-state index contributed by atoms with van der Waals surface area (Å²) in [5, 5.41) is 12.0. The van der Waals surface area contributed by atoms with Gasteiger partial charge in [0, 0.05) is 13.1 Å². The molecule has 0 saturated carbocycles. The number of hydrogen-bond donors (Lipinski definition) is 3. The van der Waals surface area contributed by atoms with Gasteiger partial charge in [-0.05, 0) is 13.3 Å². The third-order valence-electron chi connectivity index (χ3n) is 2.41. The monoisotopic (exact) mass is 202 g/mol. The van der Waals surface area contributed by atoms with Gasteiger partial charge in [-0.15, -0.1) is 0 Å². The van der Waals surface area contributed by atoms with Crippen molar-refractivity contribution in [2.75, 3.05) is 13.1 Å². The number of carboxylic acids is 1. The van der Waals surface area contributed by atoms with Crippen molar-refractivity contribution >= 4 is 5.97 Å². The highest BCUT2D eigenvalue weighted by molar-refractivity contribution is 5.78. The maximum atomic E-state index is 11.0. The van der Waals surface area contributed by atoms with Gasteiger partial charge in [0.1, 0.15) is 5.54 Å². The average Bonchev–Trinajstić information content (AvgIpc) is 2.15. The Bertz CT molecular complexity index is 174. The lowest BCUT2D eigenvalue weighted by Gasteiger charge is -2.26. The lowest BCUT2D eigenvalue weighted by atomic mass is 9.94. The third-order valence-corrected chi connectivity index (χ3v) is 2.41. The minimum atomic E-state index is -0.811. The quantitative estimate of drug-likeness (QED) is 0.512. The van der Waals surface area contributed by atoms with Crippen molar-refractivity contribution in [3.8, 4) is 0 Å². The van der Waals surface area contributed by atoms with Gasteiger partial charge in [-0.1, -0.05) is 26.2 Å². The first kappa shape index (κ1) is 13.4. The van der Waals surface area contributed by atoms with Gasteiger partial charge < -0.3 is 16.2 Å². The maximum Gasteiger partial charge on any atom is 0.323 e. The summed E-state index contributed by atoms with van der Waals surface area (Å²) >= 11 is 0. The van der Waals surface area contributed by atoms with Crippen LogP contribution < -0.4 is 11.1 Å². The molecule has 0 aromatic heterocycles. The van der Waals surface area contributed by atoms with Gasteiger partial charge in [-0.3, -0.25) is 4.79 Å². The second-order valence-electron chi connectivity index (χ2n) is 3.81. The Morgan fingerprint density at radius 2 is 2.14 bits per heavy atom. The van der Waals surface area contributed by atoms with E-state index in [0.29, 0.717) is 19.5 Å². The molecule has 0 fully saturated rings. The first-order chi connectivity index (χ1) is 6.56. The predicted molar refractivity (Wildman–Crippen MR) is 57.2 cm³/mol. The van der Waals surface area contributed by atoms with Crippen LogP contribution in [0.4, 0.5) is 0 Å². The van der Waals surface area contributed by atoms with Gasteiger partial charge in [0.25, 0.3) is 0 Å². The van der Waals surface area contributed by atoms with Gasteiger partial charge in [0.15, 0.2) is 0 Å². The first-order valence-corrected chi connectivity index (χ1v) is 5.25. The Hall–Kier alpha value is -0.610. The van der Waals surface area contributed by atoms with Gasteiger partial charge in [-0.2, -0.15) is 0 Å². The average molecular weight is 202 g/mol. The van der Waals surface area contributed by atoms with Crippen molar-refractivity contribution in [2.24, 2.45) is 5.73 Å². The van der Waals surface area contributed by atoms with E-state index in [0.717, 1.165) is 19.3 Å². The van der Waals surface area contributed by atoms with E-state index >= 15 is 0 Å². The molecule has 4 heteroatoms. The van der Waals surface area contributed by atoms with Gasteiger partial charge >= 0.3 is 5.97 Å². The van der Waals surface area contributed by atoms with Gasteiger partial charge in [-0.25, -0.2) is 0 Å². The molecule has 0 aromatic carbocycles. The smallest absolute Gasteiger partial charge is 0.323 e. The molecule has 0 heterocycles. The lowest BCUT2D eigenvalue weighted by molar-refractivity contribution is -0.144. The predicted octanol–water partition coefficient (Wildman–Crippen LogP) is 0.958. The summed E-state index contributed by atoms with van der Waals surface area (Å²) in [6, 6.07) is 0. The Kier molecular flexibility index (Phi) is 6.49. The van der Waals surface area contributed by atoms with E-state index in [1.807, 2.05) is 0 Å². The number of unbranched alkanes of at least 4 members (excludes halogenated alkanes) is 2. The summed E-state index contributed by atoms with van der Waals surface area (Å²) in [4.78, 5) is 11.0. The maximum absolute atomic E-state index is 11.0. The van der Waals surface area contributed by atoms with Crippen LogP contribution in [0.5, 0.6) is 0 Å². The molecule has 0 rings (SSSR count). The molecular formula is C10H22N2O2. The molecule has 1 unspecified atom stereocenters. The van der Waals surface area contributed by atoms with Crippen LogP contribution in [0.1, 0.15) is 39.5 Å². The molecule has 1 atom stereocenters. The molecule has 14 heavy (non-hydrogen) atoms. The SMILES string of the molecule is CCCCCC(C)(NCCN)C(=O)O. The van der Waals surface area contributed by atoms with Crippen molar-refractivity contribution in [1.29, 1.82) is 0 Å². The molecule has 84 valence electrons. The van der Waals surface area contributed by atoms with Crippen LogP contribution in [0.3, 0.4) is 0 Å². The molecule has 0 radical (unpaired) electrons. The minimum Gasteiger partial charge on any atom is -0.480 e. The molecule has 0 aliphatic rings. The van der Waals surface area contributed by atoms with E-state index < -0.39 is 11.5 Å². The van der Waals surface area contributed by atoms with E-state index in [2.05, 4.69) is 12.2 Å². The van der Waals surface area contributed by atoms with Crippen LogP contribution >= 0.6 is 0 Å². The Morgan fingerprint density at radius 3 is 2.57 bits per heavy atom. The molecule has 0 aliphatic carbocycles. The van der Waals surface area contributed by atoms with Crippen molar-refractivity contribution in [1.82, 2.24) is 5.32 Å². The normalized spacial score (nSPS) is 15.1. The fourth-order valence-electron chi connectivity index (χ4n) is 1.35. The van der Waals surface area contributed by atoms with Crippen molar-refractivity contribution in [3.05, 3.63) is 0 Å². The summed E-state index contributed by atoms with van der Waals surface area (Å²) in [5.74, 6) is -0.790. The second kappa shape index (κ2) is 6.79. The highest BCUT2D eigenvalue weighted by atomic mass is 16.4. The standard InChI is InChI=1S/C10H22N2O2/c1-3-4-5-6-10(2,9(13)14)12-8-7-11/h12H,3-8,11H2,1-2H3,(H,13,14). The second-order valence-corrected chi connectivity index (χ2v) is 3.81. The fraction of sp³-hybridized carbons (Fsp3) is 0.900. The van der Waals surface area contributed by atoms with Crippen LogP contribution in [-0.2, 0) is 4.79 Å². The molecule has 0 saturated heterocycles. The molecule has 4 nitrogen and oxygen atoms in total. The van der Waals surface area contributed by atoms with Crippen LogP contribution in [0, 0.1) is 0 Å². The highest BCUT2D eigenvalue weighted by Crippen LogP contribution is 2.14. The van der Waals surface area contributed by atoms with Gasteiger partial charge in [0.05, 0.1) is 0 Å². The largest absolute Gasteiger partial charge is 0.480 e. The summed E-state index contributed by atoms with van der Waals surface area (Å²) in [5.41, 5.74) is 4.52. The van der Waals surface area contributed by atoms with Crippen molar-refractivity contribution < 1.29 is 9.90 Å². The van der Waals surface area contributed by atoms with E-state index in [1.54, 1.807) is 6.92 Å². The van der Waals surface area contributed by atoms with Crippen LogP contribution in [0.25, 0.3) is 0 Å². The third kappa shape index (κ3) is 4.58. The fourth-order valence-corrected chi connectivity index (χ4v) is 1.35. The zero-order valence-corrected chi connectivity index (χ0v) is 9.18. The number of hydrogen-bond acceptors (Lipinski definition) is 3. The number of nitrogens with two attached hydrogens (primary N) is 1. The van der Waals surface area contributed by atoms with Crippen LogP contribution in [0.15, 0.2) is 0 Å². The summed E-state index contributed by atoms with van der Waals surface area (Å²) in [6.07, 6.45) is 3.78. The highest BCUT2D eigenvalue weighted by Gasteiger charge is 2.31. The first-order valence-electron chi connectivity index (χ1n) is 5.25. The summed E-state index contributed by atoms with van der Waals surface area (Å²) in [6.45, 7) is 4.84. The Balaban J connectivity index is 4.03. The zero-order chi connectivity index (χ0) is 11.0. The number of carboxylic acid groups (broad SMARTS) is 1. The molecule has 0 bridgehead atoms. The molecule has 0 aromatic rings. The Morgan fingerprint density at radius 1 is 1.50 bits per heavy atom. The lowest BCUT2D eigenvalue weighted by Crippen LogP contribution is -2.51. The van der Waals surface area contributed by atoms with E-state index in [4.69, 9.17) is 10.8 Å². The number of aliphatic carboxylic acids is 1. The van der Waals surface area contributed by atoms with Crippen LogP contribution in [-0.4, -0.2) is 29.7 Å². The van der Waals surface area contributed by atoms with E-state index in [9.17, 15) is 4.79 Å². The number of nitrogens with one attached hydrogen (secondary N) is 1. The molecule has 0 spiro atoms. The van der Waals surface area contributed by atoms with Crippen LogP contribution in [0.2, 0.25) is 0 Å². The minimum absolute atomic E-state index is 0.469. The van der Waals surface area contributed by atoms with E-state index in [-0.39, 0.29) is 0 Å². The summed E-state index contributed by atoms with van der Waals surface area (Å²) < 4.78 is 0. The van der Waals surface area contributed by atoms with Crippen molar-refractivity contribution in [3.63, 3.8) is 0 Å². The van der Waals surface area contributed by atoms with E-state index in [1.165, 1.54) is 0 Å². The van der Waals surface area contributed by atoms with Gasteiger partial charge in [0.2, 0.25) is 0 Å². The molecule has 0 aliphatic heterocycles. The zero-order valence-electron chi connectivity index (χ0n) is 9.18. The van der Waals surface area contributed by atoms with Crippen molar-refractivity contribution in [2.45, 2.75) is 45.1 Å². The molecule has 0 amide bonds. The topological polar surface area (TPSA) is 75.3 Å². The summed E-state index contributed by atoms with van der Waals surface area (Å²) in [7, 11) is 0. The Labute approximate surface area is 85.9 Å². The molecule has 4 N–H and O–H groups in total. The molecular weight excluding hydrogens is 180 g/mol. The number of rotatable bonds is 8. The number of carbonyl (C=O) groups is 1.